The number of hydrogen-bond acceptors (Lipinski definition) is 2. The van der Waals surface area contributed by atoms with E-state index in [2.05, 4.69) is 0 Å². The van der Waals surface area contributed by atoms with Gasteiger partial charge in [0.25, 0.3) is 0 Å². The second kappa shape index (κ2) is 3.31. The Hall–Kier alpha value is 0.0300. The molecule has 0 atom stereocenters. The Kier molecular flexibility index (Phi) is 2.83. The van der Waals surface area contributed by atoms with Gasteiger partial charge in [-0.2, -0.15) is 13.2 Å². The first kappa shape index (κ1) is 11.1. The molecule has 78 valence electrons. The lowest BCUT2D eigenvalue weighted by molar-refractivity contribution is -0.202. The number of halogens is 4. The van der Waals surface area contributed by atoms with Gasteiger partial charge in [0.1, 0.15) is 0 Å². The van der Waals surface area contributed by atoms with Crippen LogP contribution >= 0.6 is 10.7 Å². The van der Waals surface area contributed by atoms with Crippen LogP contribution in [0.1, 0.15) is 12.8 Å². The zero-order valence-electron chi connectivity index (χ0n) is 6.51. The summed E-state index contributed by atoms with van der Waals surface area (Å²) in [5.41, 5.74) is 0. The molecule has 7 heteroatoms. The minimum Gasteiger partial charge on any atom is -0.212 e. The van der Waals surface area contributed by atoms with Crippen molar-refractivity contribution in [1.29, 1.82) is 0 Å². The summed E-state index contributed by atoms with van der Waals surface area (Å²) < 4.78 is 56.7. The van der Waals surface area contributed by atoms with Crippen molar-refractivity contribution in [2.24, 2.45) is 11.8 Å². The highest BCUT2D eigenvalue weighted by atomic mass is 35.7. The van der Waals surface area contributed by atoms with Gasteiger partial charge in [0, 0.05) is 10.7 Å². The lowest BCUT2D eigenvalue weighted by Crippen LogP contribution is -2.38. The van der Waals surface area contributed by atoms with E-state index >= 15 is 0 Å². The molecule has 0 N–H and O–H groups in total. The van der Waals surface area contributed by atoms with Gasteiger partial charge in [0.05, 0.1) is 11.7 Å². The molecule has 1 rings (SSSR count). The van der Waals surface area contributed by atoms with E-state index in [1.165, 1.54) is 0 Å². The van der Waals surface area contributed by atoms with E-state index < -0.39 is 27.1 Å². The number of alkyl halides is 3. The first-order valence-electron chi connectivity index (χ1n) is 3.67. The standard InChI is InChI=1S/C6H8ClF3O2S/c7-13(11,12)3-4-1-5(2-4)6(8,9)10/h4-5H,1-3H2. The van der Waals surface area contributed by atoms with E-state index in [0.29, 0.717) is 0 Å². The molecule has 0 spiro atoms. The van der Waals surface area contributed by atoms with Crippen LogP contribution in [0.5, 0.6) is 0 Å². The summed E-state index contributed by atoms with van der Waals surface area (Å²) in [5, 5.41) is 0. The van der Waals surface area contributed by atoms with Gasteiger partial charge in [-0.3, -0.25) is 0 Å². The Morgan fingerprint density at radius 1 is 1.31 bits per heavy atom. The van der Waals surface area contributed by atoms with Crippen LogP contribution in [0, 0.1) is 11.8 Å². The average molecular weight is 237 g/mol. The summed E-state index contributed by atoms with van der Waals surface area (Å²) in [7, 11) is 1.25. The lowest BCUT2D eigenvalue weighted by Gasteiger charge is -2.35. The zero-order valence-corrected chi connectivity index (χ0v) is 8.09. The third-order valence-corrected chi connectivity index (χ3v) is 3.38. The maximum Gasteiger partial charge on any atom is 0.391 e. The van der Waals surface area contributed by atoms with Crippen LogP contribution in [0.2, 0.25) is 0 Å². The highest BCUT2D eigenvalue weighted by Crippen LogP contribution is 2.45. The predicted octanol–water partition coefficient (Wildman–Crippen LogP) is 2.14. The van der Waals surface area contributed by atoms with Gasteiger partial charge >= 0.3 is 6.18 Å². The van der Waals surface area contributed by atoms with Gasteiger partial charge in [0.2, 0.25) is 9.05 Å². The molecule has 1 saturated carbocycles. The van der Waals surface area contributed by atoms with E-state index in [-0.39, 0.29) is 18.6 Å². The first-order valence-corrected chi connectivity index (χ1v) is 6.15. The molecule has 0 unspecified atom stereocenters. The Labute approximate surface area is 78.5 Å². The van der Waals surface area contributed by atoms with Crippen LogP contribution in [0.15, 0.2) is 0 Å². The fraction of sp³-hybridized carbons (Fsp3) is 1.00. The summed E-state index contributed by atoms with van der Waals surface area (Å²) in [6.07, 6.45) is -4.42. The third-order valence-electron chi connectivity index (χ3n) is 2.13. The third kappa shape index (κ3) is 3.34. The molecule has 0 saturated heterocycles. The monoisotopic (exact) mass is 236 g/mol. The molecule has 0 amide bonds. The first-order chi connectivity index (χ1) is 5.68. The van der Waals surface area contributed by atoms with Crippen molar-refractivity contribution < 1.29 is 21.6 Å². The topological polar surface area (TPSA) is 34.1 Å². The van der Waals surface area contributed by atoms with E-state index in [9.17, 15) is 21.6 Å². The molecular formula is C6H8ClF3O2S. The van der Waals surface area contributed by atoms with Crippen molar-refractivity contribution in [1.82, 2.24) is 0 Å². The van der Waals surface area contributed by atoms with Crippen LogP contribution in [0.3, 0.4) is 0 Å². The van der Waals surface area contributed by atoms with Crippen molar-refractivity contribution in [3.8, 4) is 0 Å². The second-order valence-electron chi connectivity index (χ2n) is 3.28. The maximum absolute atomic E-state index is 11.9. The summed E-state index contributed by atoms with van der Waals surface area (Å²) in [6, 6.07) is 0. The van der Waals surface area contributed by atoms with Gasteiger partial charge < -0.3 is 0 Å². The summed E-state index contributed by atoms with van der Waals surface area (Å²) in [6.45, 7) is 0. The van der Waals surface area contributed by atoms with Gasteiger partial charge in [-0.15, -0.1) is 0 Å². The second-order valence-corrected chi connectivity index (χ2v) is 6.10. The van der Waals surface area contributed by atoms with Gasteiger partial charge in [-0.1, -0.05) is 0 Å². The van der Waals surface area contributed by atoms with E-state index in [1.54, 1.807) is 0 Å². The molecule has 13 heavy (non-hydrogen) atoms. The molecule has 0 aromatic carbocycles. The highest BCUT2D eigenvalue weighted by Gasteiger charge is 2.48. The Bertz CT molecular complexity index is 279. The SMILES string of the molecule is O=S(=O)(Cl)CC1CC(C(F)(F)F)C1. The van der Waals surface area contributed by atoms with Crippen molar-refractivity contribution in [2.45, 2.75) is 19.0 Å². The van der Waals surface area contributed by atoms with Crippen LogP contribution in [-0.2, 0) is 9.05 Å². The van der Waals surface area contributed by atoms with Crippen LogP contribution in [-0.4, -0.2) is 20.3 Å². The molecule has 2 nitrogen and oxygen atoms in total. The van der Waals surface area contributed by atoms with Crippen molar-refractivity contribution >= 4 is 19.7 Å². The number of hydrogen-bond donors (Lipinski definition) is 0. The van der Waals surface area contributed by atoms with E-state index in [4.69, 9.17) is 10.7 Å². The van der Waals surface area contributed by atoms with Crippen molar-refractivity contribution in [3.63, 3.8) is 0 Å². The molecule has 1 aliphatic rings. The summed E-state index contributed by atoms with van der Waals surface area (Å²) in [5.74, 6) is -2.11. The molecule has 0 radical (unpaired) electrons. The zero-order chi connectivity index (χ0) is 10.3. The van der Waals surface area contributed by atoms with E-state index in [1.807, 2.05) is 0 Å². The molecule has 0 aromatic heterocycles. The molecule has 1 aliphatic carbocycles. The Morgan fingerprint density at radius 2 is 1.77 bits per heavy atom. The lowest BCUT2D eigenvalue weighted by atomic mass is 9.76. The molecule has 0 aromatic rings. The predicted molar refractivity (Wildman–Crippen MR) is 41.9 cm³/mol. The fourth-order valence-electron chi connectivity index (χ4n) is 1.42. The summed E-state index contributed by atoms with van der Waals surface area (Å²) >= 11 is 0. The van der Waals surface area contributed by atoms with Crippen LogP contribution < -0.4 is 0 Å². The fourth-order valence-corrected chi connectivity index (χ4v) is 2.79. The Morgan fingerprint density at radius 3 is 2.08 bits per heavy atom. The quantitative estimate of drug-likeness (QED) is 0.689. The minimum absolute atomic E-state index is 0.116. The largest absolute Gasteiger partial charge is 0.391 e. The smallest absolute Gasteiger partial charge is 0.212 e. The molecule has 0 aliphatic heterocycles. The maximum atomic E-state index is 11.9. The van der Waals surface area contributed by atoms with Crippen molar-refractivity contribution in [2.75, 3.05) is 5.75 Å². The van der Waals surface area contributed by atoms with Crippen LogP contribution in [0.4, 0.5) is 13.2 Å². The van der Waals surface area contributed by atoms with Crippen LogP contribution in [0.25, 0.3) is 0 Å². The normalized spacial score (nSPS) is 29.8. The van der Waals surface area contributed by atoms with Gasteiger partial charge in [0.15, 0.2) is 0 Å². The van der Waals surface area contributed by atoms with Crippen molar-refractivity contribution in [3.05, 3.63) is 0 Å². The summed E-state index contributed by atoms with van der Waals surface area (Å²) in [4.78, 5) is 0. The molecule has 0 bridgehead atoms. The Balaban J connectivity index is 2.35. The number of rotatable bonds is 2. The average Bonchev–Trinajstić information content (AvgIpc) is 1.71. The molecule has 0 heterocycles. The minimum atomic E-state index is -4.19. The molecule has 1 fully saturated rings. The van der Waals surface area contributed by atoms with E-state index in [0.717, 1.165) is 0 Å². The van der Waals surface area contributed by atoms with Gasteiger partial charge in [-0.05, 0) is 18.8 Å². The van der Waals surface area contributed by atoms with Gasteiger partial charge in [-0.25, -0.2) is 8.42 Å². The molecular weight excluding hydrogens is 229 g/mol. The highest BCUT2D eigenvalue weighted by molar-refractivity contribution is 8.13.